The van der Waals surface area contributed by atoms with E-state index in [0.717, 1.165) is 31.8 Å². The van der Waals surface area contributed by atoms with Crippen molar-refractivity contribution in [3.05, 3.63) is 17.5 Å². The van der Waals surface area contributed by atoms with E-state index in [2.05, 4.69) is 41.9 Å². The van der Waals surface area contributed by atoms with Crippen molar-refractivity contribution >= 4 is 0 Å². The second-order valence-corrected chi connectivity index (χ2v) is 6.12. The van der Waals surface area contributed by atoms with Crippen molar-refractivity contribution in [3.8, 4) is 0 Å². The topological polar surface area (TPSA) is 39.1 Å². The van der Waals surface area contributed by atoms with Crippen LogP contribution >= 0.6 is 0 Å². The zero-order chi connectivity index (χ0) is 15.1. The summed E-state index contributed by atoms with van der Waals surface area (Å²) in [7, 11) is 0. The smallest absolute Gasteiger partial charge is 0.0596 e. The summed E-state index contributed by atoms with van der Waals surface area (Å²) >= 11 is 0. The van der Waals surface area contributed by atoms with Crippen LogP contribution in [0.3, 0.4) is 0 Å². The fraction of sp³-hybridized carbons (Fsp3) is 0.824. The first kappa shape index (κ1) is 16.5. The SMILES string of the molecule is CCNC(CCC1CCCCO1)Cc1cc(C)nn1CC. The van der Waals surface area contributed by atoms with Crippen LogP contribution in [0.5, 0.6) is 0 Å². The number of likely N-dealkylation sites (N-methyl/N-ethyl adjacent to an activating group) is 1. The summed E-state index contributed by atoms with van der Waals surface area (Å²) in [6.07, 6.45) is 7.72. The van der Waals surface area contributed by atoms with Gasteiger partial charge in [0, 0.05) is 31.3 Å². The van der Waals surface area contributed by atoms with E-state index in [1.54, 1.807) is 0 Å². The van der Waals surface area contributed by atoms with Crippen LogP contribution in [-0.2, 0) is 17.7 Å². The maximum absolute atomic E-state index is 5.86. The van der Waals surface area contributed by atoms with E-state index in [1.807, 2.05) is 0 Å². The summed E-state index contributed by atoms with van der Waals surface area (Å²) in [6.45, 7) is 9.36. The number of nitrogens with zero attached hydrogens (tertiary/aromatic N) is 2. The summed E-state index contributed by atoms with van der Waals surface area (Å²) in [6, 6.07) is 2.76. The van der Waals surface area contributed by atoms with Gasteiger partial charge in [0.1, 0.15) is 0 Å². The van der Waals surface area contributed by atoms with Gasteiger partial charge in [0.05, 0.1) is 11.8 Å². The molecule has 120 valence electrons. The highest BCUT2D eigenvalue weighted by Gasteiger charge is 2.18. The fourth-order valence-corrected chi connectivity index (χ4v) is 3.28. The van der Waals surface area contributed by atoms with Gasteiger partial charge in [0.15, 0.2) is 0 Å². The lowest BCUT2D eigenvalue weighted by Crippen LogP contribution is -2.33. The molecule has 1 saturated heterocycles. The monoisotopic (exact) mass is 293 g/mol. The van der Waals surface area contributed by atoms with Crippen molar-refractivity contribution in [1.29, 1.82) is 0 Å². The van der Waals surface area contributed by atoms with Crippen LogP contribution in [0.4, 0.5) is 0 Å². The molecule has 2 rings (SSSR count). The fourth-order valence-electron chi connectivity index (χ4n) is 3.28. The Hall–Kier alpha value is -0.870. The molecule has 1 aliphatic rings. The largest absolute Gasteiger partial charge is 0.378 e. The lowest BCUT2D eigenvalue weighted by atomic mass is 9.99. The first-order chi connectivity index (χ1) is 10.2. The molecule has 2 atom stereocenters. The molecule has 1 fully saturated rings. The van der Waals surface area contributed by atoms with Crippen LogP contribution in [0.15, 0.2) is 6.07 Å². The molecule has 0 spiro atoms. The van der Waals surface area contributed by atoms with Gasteiger partial charge in [-0.15, -0.1) is 0 Å². The van der Waals surface area contributed by atoms with Crippen LogP contribution in [-0.4, -0.2) is 35.1 Å². The molecule has 4 nitrogen and oxygen atoms in total. The molecule has 1 N–H and O–H groups in total. The predicted molar refractivity (Wildman–Crippen MR) is 86.6 cm³/mol. The van der Waals surface area contributed by atoms with E-state index in [9.17, 15) is 0 Å². The van der Waals surface area contributed by atoms with E-state index >= 15 is 0 Å². The van der Waals surface area contributed by atoms with Gasteiger partial charge in [-0.25, -0.2) is 0 Å². The van der Waals surface area contributed by atoms with E-state index in [0.29, 0.717) is 12.1 Å². The quantitative estimate of drug-likeness (QED) is 0.800. The summed E-state index contributed by atoms with van der Waals surface area (Å²) < 4.78 is 8.00. The predicted octanol–water partition coefficient (Wildman–Crippen LogP) is 3.08. The van der Waals surface area contributed by atoms with Gasteiger partial charge >= 0.3 is 0 Å². The van der Waals surface area contributed by atoms with Crippen molar-refractivity contribution in [2.75, 3.05) is 13.2 Å². The van der Waals surface area contributed by atoms with Crippen LogP contribution in [0, 0.1) is 6.92 Å². The third-order valence-corrected chi connectivity index (χ3v) is 4.34. The average Bonchev–Trinajstić information content (AvgIpc) is 2.86. The number of hydrogen-bond donors (Lipinski definition) is 1. The molecule has 0 amide bonds. The number of rotatable bonds is 8. The number of aromatic nitrogens is 2. The highest BCUT2D eigenvalue weighted by Crippen LogP contribution is 2.19. The molecular weight excluding hydrogens is 262 g/mol. The van der Waals surface area contributed by atoms with Crippen molar-refractivity contribution in [1.82, 2.24) is 15.1 Å². The van der Waals surface area contributed by atoms with E-state index in [4.69, 9.17) is 4.74 Å². The molecule has 4 heteroatoms. The number of hydrogen-bond acceptors (Lipinski definition) is 3. The summed E-state index contributed by atoms with van der Waals surface area (Å²) in [4.78, 5) is 0. The molecule has 1 aromatic rings. The molecule has 0 saturated carbocycles. The maximum Gasteiger partial charge on any atom is 0.0596 e. The van der Waals surface area contributed by atoms with Crippen molar-refractivity contribution in [3.63, 3.8) is 0 Å². The van der Waals surface area contributed by atoms with Crippen LogP contribution in [0.2, 0.25) is 0 Å². The average molecular weight is 293 g/mol. The first-order valence-electron chi connectivity index (χ1n) is 8.61. The van der Waals surface area contributed by atoms with E-state index < -0.39 is 0 Å². The zero-order valence-corrected chi connectivity index (χ0v) is 13.9. The number of ether oxygens (including phenoxy) is 1. The minimum Gasteiger partial charge on any atom is -0.378 e. The lowest BCUT2D eigenvalue weighted by molar-refractivity contribution is 0.00858. The normalized spacial score (nSPS) is 20.6. The number of aryl methyl sites for hydroxylation is 2. The van der Waals surface area contributed by atoms with E-state index in [-0.39, 0.29) is 0 Å². The van der Waals surface area contributed by atoms with Crippen molar-refractivity contribution in [2.45, 2.75) is 78.0 Å². The van der Waals surface area contributed by atoms with Gasteiger partial charge in [-0.2, -0.15) is 5.10 Å². The highest BCUT2D eigenvalue weighted by molar-refractivity contribution is 5.10. The third kappa shape index (κ3) is 5.11. The molecule has 21 heavy (non-hydrogen) atoms. The van der Waals surface area contributed by atoms with Gasteiger partial charge in [-0.3, -0.25) is 4.68 Å². The van der Waals surface area contributed by atoms with Crippen LogP contribution < -0.4 is 5.32 Å². The molecule has 0 aromatic carbocycles. The Morgan fingerprint density at radius 1 is 1.43 bits per heavy atom. The second kappa shape index (κ2) is 8.54. The summed E-state index contributed by atoms with van der Waals surface area (Å²) in [5.41, 5.74) is 2.48. The zero-order valence-electron chi connectivity index (χ0n) is 13.9. The Labute approximate surface area is 129 Å². The Morgan fingerprint density at radius 3 is 2.95 bits per heavy atom. The molecule has 0 aliphatic carbocycles. The summed E-state index contributed by atoms with van der Waals surface area (Å²) in [5.74, 6) is 0. The highest BCUT2D eigenvalue weighted by atomic mass is 16.5. The molecule has 1 aromatic heterocycles. The van der Waals surface area contributed by atoms with E-state index in [1.165, 1.54) is 37.8 Å². The molecule has 0 radical (unpaired) electrons. The Kier molecular flexibility index (Phi) is 6.71. The minimum absolute atomic E-state index is 0.484. The minimum atomic E-state index is 0.484. The molecule has 2 unspecified atom stereocenters. The molecule has 1 aliphatic heterocycles. The van der Waals surface area contributed by atoms with Crippen LogP contribution in [0.1, 0.15) is 57.3 Å². The third-order valence-electron chi connectivity index (χ3n) is 4.34. The Bertz CT molecular complexity index is 410. The van der Waals surface area contributed by atoms with Gasteiger partial charge < -0.3 is 10.1 Å². The standard InChI is InChI=1S/C17H31N3O/c1-4-18-15(9-10-17-8-6-7-11-21-17)13-16-12-14(3)19-20(16)5-2/h12,15,17-18H,4-11,13H2,1-3H3. The van der Waals surface area contributed by atoms with Gasteiger partial charge in [-0.05, 0) is 58.6 Å². The first-order valence-corrected chi connectivity index (χ1v) is 8.61. The Morgan fingerprint density at radius 2 is 2.29 bits per heavy atom. The van der Waals surface area contributed by atoms with Gasteiger partial charge in [0.25, 0.3) is 0 Å². The molecular formula is C17H31N3O. The van der Waals surface area contributed by atoms with Crippen LogP contribution in [0.25, 0.3) is 0 Å². The van der Waals surface area contributed by atoms with Crippen molar-refractivity contribution < 1.29 is 4.74 Å². The van der Waals surface area contributed by atoms with Gasteiger partial charge in [-0.1, -0.05) is 6.92 Å². The Balaban J connectivity index is 1.88. The summed E-state index contributed by atoms with van der Waals surface area (Å²) in [5, 5.41) is 8.19. The second-order valence-electron chi connectivity index (χ2n) is 6.12. The molecule has 2 heterocycles. The number of nitrogens with one attached hydrogen (secondary N) is 1. The maximum atomic E-state index is 5.86. The van der Waals surface area contributed by atoms with Gasteiger partial charge in [0.2, 0.25) is 0 Å². The molecule has 0 bridgehead atoms. The van der Waals surface area contributed by atoms with Crippen molar-refractivity contribution in [2.24, 2.45) is 0 Å². The lowest BCUT2D eigenvalue weighted by Gasteiger charge is -2.25.